The van der Waals surface area contributed by atoms with E-state index in [1.165, 1.54) is 11.3 Å². The molecule has 25 heavy (non-hydrogen) atoms. The summed E-state index contributed by atoms with van der Waals surface area (Å²) in [5.74, 6) is -0.979. The SMILES string of the molecule is Cc1ccc(C(=O)N2C[C@H]3CN(C(=O)C4CCC4)C[C@@]3(C(=O)O)C2)s1. The van der Waals surface area contributed by atoms with E-state index in [0.717, 1.165) is 24.1 Å². The first-order valence-corrected chi connectivity index (χ1v) is 9.60. The Balaban J connectivity index is 1.52. The van der Waals surface area contributed by atoms with Gasteiger partial charge in [0.15, 0.2) is 0 Å². The van der Waals surface area contributed by atoms with E-state index in [9.17, 15) is 19.5 Å². The summed E-state index contributed by atoms with van der Waals surface area (Å²) in [5.41, 5.74) is -1.01. The molecule has 3 aliphatic rings. The molecule has 2 atom stereocenters. The minimum atomic E-state index is -1.01. The van der Waals surface area contributed by atoms with Crippen LogP contribution in [0.2, 0.25) is 0 Å². The molecule has 1 N–H and O–H groups in total. The van der Waals surface area contributed by atoms with Crippen molar-refractivity contribution in [2.24, 2.45) is 17.3 Å². The molecule has 4 rings (SSSR count). The van der Waals surface area contributed by atoms with E-state index >= 15 is 0 Å². The maximum atomic E-state index is 12.7. The molecule has 1 aromatic heterocycles. The van der Waals surface area contributed by atoms with Crippen molar-refractivity contribution in [2.75, 3.05) is 26.2 Å². The van der Waals surface area contributed by atoms with E-state index in [4.69, 9.17) is 0 Å². The number of carbonyl (C=O) groups excluding carboxylic acids is 2. The van der Waals surface area contributed by atoms with Crippen molar-refractivity contribution in [3.63, 3.8) is 0 Å². The number of aryl methyl sites for hydroxylation is 1. The van der Waals surface area contributed by atoms with Crippen LogP contribution in [0.4, 0.5) is 0 Å². The summed E-state index contributed by atoms with van der Waals surface area (Å²) in [6, 6.07) is 3.71. The first kappa shape index (κ1) is 16.6. The summed E-state index contributed by atoms with van der Waals surface area (Å²) < 4.78 is 0. The number of nitrogens with zero attached hydrogens (tertiary/aromatic N) is 2. The Labute approximate surface area is 150 Å². The smallest absolute Gasteiger partial charge is 0.313 e. The average molecular weight is 362 g/mol. The lowest BCUT2D eigenvalue weighted by Crippen LogP contribution is -2.44. The number of hydrogen-bond acceptors (Lipinski definition) is 4. The molecule has 3 heterocycles. The average Bonchev–Trinajstić information content (AvgIpc) is 3.16. The number of thiophene rings is 1. The zero-order chi connectivity index (χ0) is 17.8. The Morgan fingerprint density at radius 2 is 1.84 bits per heavy atom. The van der Waals surface area contributed by atoms with Gasteiger partial charge < -0.3 is 14.9 Å². The molecule has 0 spiro atoms. The van der Waals surface area contributed by atoms with Gasteiger partial charge in [0, 0.05) is 42.9 Å². The first-order valence-electron chi connectivity index (χ1n) is 8.78. The van der Waals surface area contributed by atoms with E-state index in [1.807, 2.05) is 13.0 Å². The summed E-state index contributed by atoms with van der Waals surface area (Å²) in [7, 11) is 0. The molecule has 6 nitrogen and oxygen atoms in total. The fraction of sp³-hybridized carbons (Fsp3) is 0.611. The van der Waals surface area contributed by atoms with Gasteiger partial charge in [-0.05, 0) is 31.9 Å². The molecule has 7 heteroatoms. The van der Waals surface area contributed by atoms with Crippen LogP contribution >= 0.6 is 11.3 Å². The van der Waals surface area contributed by atoms with Gasteiger partial charge in [0.05, 0.1) is 4.88 Å². The van der Waals surface area contributed by atoms with Crippen molar-refractivity contribution >= 4 is 29.1 Å². The minimum absolute atomic E-state index is 0.0801. The second kappa shape index (κ2) is 5.83. The zero-order valence-corrected chi connectivity index (χ0v) is 15.1. The molecule has 1 saturated carbocycles. The number of carbonyl (C=O) groups is 3. The van der Waals surface area contributed by atoms with E-state index in [0.29, 0.717) is 18.0 Å². The second-order valence-electron chi connectivity index (χ2n) is 7.60. The van der Waals surface area contributed by atoms with Crippen LogP contribution in [-0.2, 0) is 9.59 Å². The lowest BCUT2D eigenvalue weighted by molar-refractivity contribution is -0.149. The highest BCUT2D eigenvalue weighted by molar-refractivity contribution is 7.13. The van der Waals surface area contributed by atoms with Crippen LogP contribution in [0.3, 0.4) is 0 Å². The van der Waals surface area contributed by atoms with E-state index in [1.54, 1.807) is 15.9 Å². The van der Waals surface area contributed by atoms with Crippen LogP contribution in [0.15, 0.2) is 12.1 Å². The zero-order valence-electron chi connectivity index (χ0n) is 14.2. The third-order valence-electron chi connectivity index (χ3n) is 6.04. The third kappa shape index (κ3) is 2.56. The Bertz CT molecular complexity index is 741. The summed E-state index contributed by atoms with van der Waals surface area (Å²) in [5, 5.41) is 9.88. The molecule has 0 aromatic carbocycles. The Morgan fingerprint density at radius 3 is 2.36 bits per heavy atom. The number of aliphatic carboxylic acids is 1. The number of rotatable bonds is 3. The molecule has 134 valence electrons. The number of amides is 2. The topological polar surface area (TPSA) is 77.9 Å². The standard InChI is InChI=1S/C18H22N2O4S/c1-11-5-6-14(25-11)16(22)20-8-13-7-19(15(21)12-3-2-4-12)9-18(13,10-20)17(23)24/h5-6,12-13H,2-4,7-10H2,1H3,(H,23,24)/t13-,18-/m1/s1. The number of carboxylic acid groups (broad SMARTS) is 1. The fourth-order valence-electron chi connectivity index (χ4n) is 4.31. The Kier molecular flexibility index (Phi) is 3.86. The molecular weight excluding hydrogens is 340 g/mol. The molecule has 2 saturated heterocycles. The molecule has 1 aromatic rings. The largest absolute Gasteiger partial charge is 0.481 e. The number of fused-ring (bicyclic) bond motifs is 1. The van der Waals surface area contributed by atoms with Crippen molar-refractivity contribution < 1.29 is 19.5 Å². The van der Waals surface area contributed by atoms with Crippen molar-refractivity contribution in [2.45, 2.75) is 26.2 Å². The van der Waals surface area contributed by atoms with Crippen LogP contribution in [0.5, 0.6) is 0 Å². The van der Waals surface area contributed by atoms with Gasteiger partial charge >= 0.3 is 5.97 Å². The maximum Gasteiger partial charge on any atom is 0.313 e. The lowest BCUT2D eigenvalue weighted by atomic mass is 9.81. The van der Waals surface area contributed by atoms with Crippen LogP contribution in [-0.4, -0.2) is 58.9 Å². The fourth-order valence-corrected chi connectivity index (χ4v) is 5.14. The first-order chi connectivity index (χ1) is 11.9. The van der Waals surface area contributed by atoms with Crippen molar-refractivity contribution in [1.29, 1.82) is 0 Å². The van der Waals surface area contributed by atoms with Gasteiger partial charge in [0.1, 0.15) is 5.41 Å². The third-order valence-corrected chi connectivity index (χ3v) is 7.03. The van der Waals surface area contributed by atoms with Gasteiger partial charge in [0.25, 0.3) is 5.91 Å². The summed E-state index contributed by atoms with van der Waals surface area (Å²) in [6.07, 6.45) is 2.92. The molecule has 1 aliphatic carbocycles. The van der Waals surface area contributed by atoms with Gasteiger partial charge in [-0.1, -0.05) is 6.42 Å². The number of hydrogen-bond donors (Lipinski definition) is 1. The van der Waals surface area contributed by atoms with E-state index < -0.39 is 11.4 Å². The van der Waals surface area contributed by atoms with Crippen molar-refractivity contribution in [3.05, 3.63) is 21.9 Å². The minimum Gasteiger partial charge on any atom is -0.481 e. The van der Waals surface area contributed by atoms with E-state index in [2.05, 4.69) is 0 Å². The van der Waals surface area contributed by atoms with Crippen molar-refractivity contribution in [1.82, 2.24) is 9.80 Å². The summed E-state index contributed by atoms with van der Waals surface area (Å²) in [6.45, 7) is 3.24. The maximum absolute atomic E-state index is 12.7. The highest BCUT2D eigenvalue weighted by atomic mass is 32.1. The normalized spacial score (nSPS) is 28.8. The second-order valence-corrected chi connectivity index (χ2v) is 8.89. The van der Waals surface area contributed by atoms with Gasteiger partial charge in [-0.3, -0.25) is 14.4 Å². The molecule has 0 radical (unpaired) electrons. The van der Waals surface area contributed by atoms with E-state index in [-0.39, 0.29) is 36.7 Å². The van der Waals surface area contributed by atoms with Crippen molar-refractivity contribution in [3.8, 4) is 0 Å². The molecular formula is C18H22N2O4S. The lowest BCUT2D eigenvalue weighted by Gasteiger charge is -2.31. The summed E-state index contributed by atoms with van der Waals surface area (Å²) in [4.78, 5) is 42.4. The van der Waals surface area contributed by atoms with Gasteiger partial charge in [-0.25, -0.2) is 0 Å². The summed E-state index contributed by atoms with van der Waals surface area (Å²) >= 11 is 1.43. The van der Waals surface area contributed by atoms with Gasteiger partial charge in [-0.15, -0.1) is 11.3 Å². The van der Waals surface area contributed by atoms with Gasteiger partial charge in [-0.2, -0.15) is 0 Å². The number of carboxylic acids is 1. The monoisotopic (exact) mass is 362 g/mol. The van der Waals surface area contributed by atoms with Crippen LogP contribution in [0.1, 0.15) is 33.8 Å². The number of likely N-dealkylation sites (tertiary alicyclic amines) is 2. The highest BCUT2D eigenvalue weighted by Crippen LogP contribution is 2.44. The quantitative estimate of drug-likeness (QED) is 0.890. The van der Waals surface area contributed by atoms with Gasteiger partial charge in [0.2, 0.25) is 5.91 Å². The van der Waals surface area contributed by atoms with Crippen LogP contribution in [0, 0.1) is 24.2 Å². The molecule has 2 amide bonds. The van der Waals surface area contributed by atoms with Crippen LogP contribution < -0.4 is 0 Å². The Morgan fingerprint density at radius 1 is 1.16 bits per heavy atom. The van der Waals surface area contributed by atoms with Crippen LogP contribution in [0.25, 0.3) is 0 Å². The molecule has 0 bridgehead atoms. The predicted octanol–water partition coefficient (Wildman–Crippen LogP) is 1.84. The molecule has 0 unspecified atom stereocenters. The highest BCUT2D eigenvalue weighted by Gasteiger charge is 2.59. The predicted molar refractivity (Wildman–Crippen MR) is 92.4 cm³/mol. The Hall–Kier alpha value is -1.89. The molecule has 3 fully saturated rings. The molecule has 2 aliphatic heterocycles.